The molecule has 2 heteroatoms. The standard InChI is InChI=1S/C25H32O2/c1-24(2,3)23-26-16-20-12-17(10-11-22(20)27-23)15-25(4,5)21-13-18-8-6-7-9-19(18)14-21/h6-12,21,23H,13-16H2,1-5H3. The molecule has 1 atom stereocenters. The quantitative estimate of drug-likeness (QED) is 0.670. The summed E-state index contributed by atoms with van der Waals surface area (Å²) in [5, 5.41) is 0. The first kappa shape index (κ1) is 18.6. The molecule has 1 aliphatic carbocycles. The van der Waals surface area contributed by atoms with Gasteiger partial charge in [0.2, 0.25) is 6.29 Å². The van der Waals surface area contributed by atoms with E-state index < -0.39 is 0 Å². The van der Waals surface area contributed by atoms with Gasteiger partial charge in [0.25, 0.3) is 0 Å². The van der Waals surface area contributed by atoms with Crippen molar-refractivity contribution in [1.29, 1.82) is 0 Å². The summed E-state index contributed by atoms with van der Waals surface area (Å²) >= 11 is 0. The van der Waals surface area contributed by atoms with Crippen LogP contribution in [0.5, 0.6) is 5.75 Å². The number of ether oxygens (including phenoxy) is 2. The number of rotatable bonds is 3. The Bertz CT molecular complexity index is 803. The van der Waals surface area contributed by atoms with Crippen molar-refractivity contribution >= 4 is 0 Å². The molecule has 0 saturated carbocycles. The minimum Gasteiger partial charge on any atom is -0.464 e. The molecule has 4 rings (SSSR count). The summed E-state index contributed by atoms with van der Waals surface area (Å²) in [4.78, 5) is 0. The topological polar surface area (TPSA) is 18.5 Å². The molecule has 1 heterocycles. The van der Waals surface area contributed by atoms with Gasteiger partial charge in [-0.05, 0) is 59.4 Å². The van der Waals surface area contributed by atoms with Crippen LogP contribution in [-0.2, 0) is 30.6 Å². The second-order valence-electron chi connectivity index (χ2n) is 10.1. The van der Waals surface area contributed by atoms with E-state index in [-0.39, 0.29) is 17.1 Å². The predicted molar refractivity (Wildman–Crippen MR) is 110 cm³/mol. The predicted octanol–water partition coefficient (Wildman–Crippen LogP) is 5.95. The summed E-state index contributed by atoms with van der Waals surface area (Å²) in [7, 11) is 0. The van der Waals surface area contributed by atoms with Gasteiger partial charge in [-0.1, -0.05) is 65.0 Å². The Morgan fingerprint density at radius 2 is 1.56 bits per heavy atom. The molecule has 0 fully saturated rings. The van der Waals surface area contributed by atoms with E-state index in [1.54, 1.807) is 0 Å². The van der Waals surface area contributed by atoms with Crippen LogP contribution in [-0.4, -0.2) is 6.29 Å². The Morgan fingerprint density at radius 3 is 2.19 bits per heavy atom. The van der Waals surface area contributed by atoms with Gasteiger partial charge in [0.15, 0.2) is 0 Å². The van der Waals surface area contributed by atoms with Crippen molar-refractivity contribution in [3.63, 3.8) is 0 Å². The molecule has 0 spiro atoms. The molecule has 0 bridgehead atoms. The minimum atomic E-state index is -0.177. The SMILES string of the molecule is CC(C)(C)C1OCc2cc(CC(C)(C)C3Cc4ccccc4C3)ccc2O1. The minimum absolute atomic E-state index is 0.0180. The molecule has 1 unspecified atom stereocenters. The third-order valence-corrected chi connectivity index (χ3v) is 6.27. The summed E-state index contributed by atoms with van der Waals surface area (Å²) in [6.45, 7) is 11.9. The molecule has 0 amide bonds. The van der Waals surface area contributed by atoms with Crippen LogP contribution in [0.3, 0.4) is 0 Å². The third kappa shape index (κ3) is 3.78. The first-order chi connectivity index (χ1) is 12.7. The molecular weight excluding hydrogens is 332 g/mol. The maximum absolute atomic E-state index is 6.10. The van der Waals surface area contributed by atoms with E-state index in [0.717, 1.165) is 12.2 Å². The van der Waals surface area contributed by atoms with E-state index in [2.05, 4.69) is 77.1 Å². The zero-order valence-corrected chi connectivity index (χ0v) is 17.3. The fourth-order valence-corrected chi connectivity index (χ4v) is 4.49. The molecule has 1 aliphatic heterocycles. The van der Waals surface area contributed by atoms with Crippen LogP contribution >= 0.6 is 0 Å². The number of fused-ring (bicyclic) bond motifs is 2. The molecule has 0 saturated heterocycles. The lowest BCUT2D eigenvalue weighted by molar-refractivity contribution is -0.163. The van der Waals surface area contributed by atoms with Crippen LogP contribution < -0.4 is 4.74 Å². The highest BCUT2D eigenvalue weighted by atomic mass is 16.7. The van der Waals surface area contributed by atoms with Crippen LogP contribution in [0.25, 0.3) is 0 Å². The Balaban J connectivity index is 1.47. The van der Waals surface area contributed by atoms with Crippen molar-refractivity contribution in [2.75, 3.05) is 0 Å². The van der Waals surface area contributed by atoms with Crippen LogP contribution in [0.15, 0.2) is 42.5 Å². The fraction of sp³-hybridized carbons (Fsp3) is 0.520. The van der Waals surface area contributed by atoms with Gasteiger partial charge in [0.1, 0.15) is 5.75 Å². The first-order valence-corrected chi connectivity index (χ1v) is 10.2. The smallest absolute Gasteiger partial charge is 0.205 e. The monoisotopic (exact) mass is 364 g/mol. The van der Waals surface area contributed by atoms with Crippen LogP contribution in [0.1, 0.15) is 56.9 Å². The third-order valence-electron chi connectivity index (χ3n) is 6.27. The van der Waals surface area contributed by atoms with Crippen molar-refractivity contribution in [3.8, 4) is 5.75 Å². The molecule has 144 valence electrons. The van der Waals surface area contributed by atoms with Gasteiger partial charge in [-0.25, -0.2) is 0 Å². The van der Waals surface area contributed by atoms with E-state index in [0.29, 0.717) is 12.5 Å². The second-order valence-corrected chi connectivity index (χ2v) is 10.1. The van der Waals surface area contributed by atoms with Crippen molar-refractivity contribution < 1.29 is 9.47 Å². The summed E-state index contributed by atoms with van der Waals surface area (Å²) in [5.74, 6) is 1.68. The summed E-state index contributed by atoms with van der Waals surface area (Å²) in [5.41, 5.74) is 5.88. The molecule has 2 aromatic carbocycles. The normalized spacial score (nSPS) is 20.1. The lowest BCUT2D eigenvalue weighted by Gasteiger charge is -2.35. The van der Waals surface area contributed by atoms with Crippen LogP contribution in [0.2, 0.25) is 0 Å². The Kier molecular flexibility index (Phi) is 4.58. The van der Waals surface area contributed by atoms with Crippen molar-refractivity contribution in [2.24, 2.45) is 16.7 Å². The highest BCUT2D eigenvalue weighted by molar-refractivity contribution is 5.39. The van der Waals surface area contributed by atoms with Gasteiger partial charge < -0.3 is 9.47 Å². The van der Waals surface area contributed by atoms with Gasteiger partial charge in [0.05, 0.1) is 6.61 Å². The van der Waals surface area contributed by atoms with E-state index >= 15 is 0 Å². The molecule has 27 heavy (non-hydrogen) atoms. The van der Waals surface area contributed by atoms with E-state index in [4.69, 9.17) is 9.47 Å². The fourth-order valence-electron chi connectivity index (χ4n) is 4.49. The maximum atomic E-state index is 6.10. The van der Waals surface area contributed by atoms with Crippen LogP contribution in [0.4, 0.5) is 0 Å². The summed E-state index contributed by atoms with van der Waals surface area (Å²) in [6, 6.07) is 15.6. The van der Waals surface area contributed by atoms with Crippen molar-refractivity contribution in [3.05, 3.63) is 64.7 Å². The number of hydrogen-bond donors (Lipinski definition) is 0. The zero-order chi connectivity index (χ0) is 19.2. The van der Waals surface area contributed by atoms with Gasteiger partial charge in [-0.3, -0.25) is 0 Å². The molecular formula is C25H32O2. The Morgan fingerprint density at radius 1 is 0.889 bits per heavy atom. The van der Waals surface area contributed by atoms with Gasteiger partial charge in [-0.15, -0.1) is 0 Å². The largest absolute Gasteiger partial charge is 0.464 e. The molecule has 0 N–H and O–H groups in total. The Labute approximate surface area is 163 Å². The molecule has 2 aromatic rings. The van der Waals surface area contributed by atoms with E-state index in [1.165, 1.54) is 35.1 Å². The highest BCUT2D eigenvalue weighted by Crippen LogP contribution is 2.42. The number of benzene rings is 2. The van der Waals surface area contributed by atoms with Gasteiger partial charge >= 0.3 is 0 Å². The first-order valence-electron chi connectivity index (χ1n) is 10.2. The highest BCUT2D eigenvalue weighted by Gasteiger charge is 2.35. The Hall–Kier alpha value is -1.80. The summed E-state index contributed by atoms with van der Waals surface area (Å²) in [6.07, 6.45) is 3.31. The van der Waals surface area contributed by atoms with Gasteiger partial charge in [-0.2, -0.15) is 0 Å². The molecule has 0 aromatic heterocycles. The molecule has 0 radical (unpaired) electrons. The second kappa shape index (κ2) is 6.67. The van der Waals surface area contributed by atoms with Gasteiger partial charge in [0, 0.05) is 11.0 Å². The lowest BCUT2D eigenvalue weighted by atomic mass is 9.73. The maximum Gasteiger partial charge on any atom is 0.205 e. The average molecular weight is 365 g/mol. The summed E-state index contributed by atoms with van der Waals surface area (Å²) < 4.78 is 12.1. The zero-order valence-electron chi connectivity index (χ0n) is 17.3. The average Bonchev–Trinajstić information content (AvgIpc) is 3.05. The van der Waals surface area contributed by atoms with Crippen molar-refractivity contribution in [1.82, 2.24) is 0 Å². The van der Waals surface area contributed by atoms with Crippen molar-refractivity contribution in [2.45, 2.75) is 66.8 Å². The molecule has 2 nitrogen and oxygen atoms in total. The van der Waals surface area contributed by atoms with E-state index in [9.17, 15) is 0 Å². The lowest BCUT2D eigenvalue weighted by Crippen LogP contribution is -2.37. The van der Waals surface area contributed by atoms with Crippen LogP contribution in [0, 0.1) is 16.7 Å². The molecule has 2 aliphatic rings. The number of hydrogen-bond acceptors (Lipinski definition) is 2. The van der Waals surface area contributed by atoms with E-state index in [1.807, 2.05) is 0 Å².